The molecule has 0 bridgehead atoms. The van der Waals surface area contributed by atoms with Crippen LogP contribution in [-0.2, 0) is 9.53 Å². The van der Waals surface area contributed by atoms with Gasteiger partial charge in [-0.1, -0.05) is 23.2 Å². The Morgan fingerprint density at radius 2 is 2.00 bits per heavy atom. The summed E-state index contributed by atoms with van der Waals surface area (Å²) in [5, 5.41) is 10.2. The lowest BCUT2D eigenvalue weighted by Crippen LogP contribution is -2.04. The molecular formula is C16H13Cl2NO4. The number of hydrogen-bond donors (Lipinski definition) is 1. The lowest BCUT2D eigenvalue weighted by molar-refractivity contribution is -0.130. The number of nitrogens with zero attached hydrogens (tertiary/aromatic N) is 1. The van der Waals surface area contributed by atoms with E-state index in [1.54, 1.807) is 30.3 Å². The number of ether oxygens (including phenoxy) is 2. The number of methoxy groups -OCH3 is 1. The maximum atomic E-state index is 11.5. The van der Waals surface area contributed by atoms with Crippen LogP contribution in [0.25, 0.3) is 5.57 Å². The van der Waals surface area contributed by atoms with Crippen LogP contribution in [0, 0.1) is 0 Å². The number of benzene rings is 1. The second kappa shape index (κ2) is 7.97. The highest BCUT2D eigenvalue weighted by atomic mass is 35.5. The highest BCUT2D eigenvalue weighted by Crippen LogP contribution is 2.31. The highest BCUT2D eigenvalue weighted by molar-refractivity contribution is 6.34. The van der Waals surface area contributed by atoms with Crippen LogP contribution in [0.15, 0.2) is 42.6 Å². The lowest BCUT2D eigenvalue weighted by Gasteiger charge is -2.11. The Morgan fingerprint density at radius 3 is 2.61 bits per heavy atom. The van der Waals surface area contributed by atoms with E-state index in [1.165, 1.54) is 19.4 Å². The Hall–Kier alpha value is -2.08. The lowest BCUT2D eigenvalue weighted by atomic mass is 10.1. The summed E-state index contributed by atoms with van der Waals surface area (Å²) >= 11 is 11.9. The minimum atomic E-state index is -1.11. The number of hydrogen-bond acceptors (Lipinski definition) is 4. The van der Waals surface area contributed by atoms with Gasteiger partial charge in [-0.25, -0.2) is 9.78 Å². The third-order valence-electron chi connectivity index (χ3n) is 2.80. The molecule has 0 saturated carbocycles. The summed E-state index contributed by atoms with van der Waals surface area (Å²) in [5.41, 5.74) is 0.358. The highest BCUT2D eigenvalue weighted by Gasteiger charge is 2.17. The topological polar surface area (TPSA) is 68.7 Å². The van der Waals surface area contributed by atoms with Gasteiger partial charge in [0.25, 0.3) is 0 Å². The Labute approximate surface area is 143 Å². The van der Waals surface area contributed by atoms with Gasteiger partial charge in [0.05, 0.1) is 17.7 Å². The molecule has 2 aromatic rings. The van der Waals surface area contributed by atoms with E-state index in [1.807, 2.05) is 0 Å². The van der Waals surface area contributed by atoms with E-state index < -0.39 is 5.97 Å². The smallest absolute Gasteiger partial charge is 0.336 e. The zero-order valence-corrected chi connectivity index (χ0v) is 13.6. The van der Waals surface area contributed by atoms with Crippen molar-refractivity contribution in [3.05, 3.63) is 58.2 Å². The first kappa shape index (κ1) is 17.3. The Balaban J connectivity index is 2.42. The summed E-state index contributed by atoms with van der Waals surface area (Å²) in [4.78, 5) is 15.6. The maximum Gasteiger partial charge on any atom is 0.336 e. The SMILES string of the molecule is COC/C=C(/C(=O)O)c1cccnc1Oc1cc(Cl)cc(Cl)c1. The van der Waals surface area contributed by atoms with Gasteiger partial charge in [-0.3, -0.25) is 0 Å². The number of pyridine rings is 1. The van der Waals surface area contributed by atoms with Gasteiger partial charge in [0.1, 0.15) is 5.75 Å². The number of carbonyl (C=O) groups is 1. The molecule has 0 fully saturated rings. The van der Waals surface area contributed by atoms with Crippen LogP contribution in [-0.4, -0.2) is 29.8 Å². The average molecular weight is 354 g/mol. The van der Waals surface area contributed by atoms with Gasteiger partial charge in [-0.05, 0) is 36.4 Å². The average Bonchev–Trinajstić information content (AvgIpc) is 2.48. The first-order chi connectivity index (χ1) is 11.0. The van der Waals surface area contributed by atoms with Gasteiger partial charge in [-0.2, -0.15) is 0 Å². The van der Waals surface area contributed by atoms with Crippen molar-refractivity contribution in [3.8, 4) is 11.6 Å². The van der Waals surface area contributed by atoms with Crippen LogP contribution in [0.5, 0.6) is 11.6 Å². The van der Waals surface area contributed by atoms with Gasteiger partial charge in [0, 0.05) is 23.4 Å². The summed E-state index contributed by atoms with van der Waals surface area (Å²) in [5.74, 6) is -0.612. The fourth-order valence-electron chi connectivity index (χ4n) is 1.86. The van der Waals surface area contributed by atoms with Crippen LogP contribution >= 0.6 is 23.2 Å². The number of halogens is 2. The van der Waals surface area contributed by atoms with Crippen molar-refractivity contribution in [2.24, 2.45) is 0 Å². The predicted octanol–water partition coefficient (Wildman–Crippen LogP) is 4.30. The normalized spacial score (nSPS) is 11.3. The van der Waals surface area contributed by atoms with Gasteiger partial charge >= 0.3 is 5.97 Å². The number of carboxylic acid groups (broad SMARTS) is 1. The van der Waals surface area contributed by atoms with Crippen LogP contribution < -0.4 is 4.74 Å². The number of aliphatic carboxylic acids is 1. The monoisotopic (exact) mass is 353 g/mol. The van der Waals surface area contributed by atoms with E-state index in [-0.39, 0.29) is 18.1 Å². The molecule has 120 valence electrons. The molecule has 1 aromatic heterocycles. The molecule has 0 aliphatic rings. The first-order valence-electron chi connectivity index (χ1n) is 6.53. The molecule has 0 unspecified atom stereocenters. The molecule has 7 heteroatoms. The minimum absolute atomic E-state index is 0.0306. The number of rotatable bonds is 6. The fourth-order valence-corrected chi connectivity index (χ4v) is 2.36. The summed E-state index contributed by atoms with van der Waals surface area (Å²) in [6.45, 7) is 0.152. The first-order valence-corrected chi connectivity index (χ1v) is 7.28. The standard InChI is InChI=1S/C16H13Cl2NO4/c1-22-6-4-14(16(20)21)13-3-2-5-19-15(13)23-12-8-10(17)7-11(18)9-12/h2-5,7-9H,6H2,1H3,(H,20,21)/b14-4+. The quantitative estimate of drug-likeness (QED) is 0.784. The van der Waals surface area contributed by atoms with Crippen molar-refractivity contribution in [1.82, 2.24) is 4.98 Å². The van der Waals surface area contributed by atoms with Gasteiger partial charge < -0.3 is 14.6 Å². The Kier molecular flexibility index (Phi) is 5.98. The Bertz CT molecular complexity index is 726. The van der Waals surface area contributed by atoms with Crippen molar-refractivity contribution in [2.45, 2.75) is 0 Å². The molecule has 0 aliphatic carbocycles. The largest absolute Gasteiger partial charge is 0.478 e. The molecule has 0 radical (unpaired) electrons. The molecule has 0 aliphatic heterocycles. The predicted molar refractivity (Wildman–Crippen MR) is 88.3 cm³/mol. The van der Waals surface area contributed by atoms with Crippen LogP contribution in [0.2, 0.25) is 10.0 Å². The zero-order chi connectivity index (χ0) is 16.8. The van der Waals surface area contributed by atoms with Crippen molar-refractivity contribution >= 4 is 34.7 Å². The number of carboxylic acids is 1. The second-order valence-electron chi connectivity index (χ2n) is 4.44. The van der Waals surface area contributed by atoms with E-state index in [2.05, 4.69) is 4.98 Å². The van der Waals surface area contributed by atoms with Crippen LogP contribution in [0.1, 0.15) is 5.56 Å². The van der Waals surface area contributed by atoms with Gasteiger partial charge in [-0.15, -0.1) is 0 Å². The third kappa shape index (κ3) is 4.69. The molecule has 5 nitrogen and oxygen atoms in total. The van der Waals surface area contributed by atoms with Crippen molar-refractivity contribution in [3.63, 3.8) is 0 Å². The number of aromatic nitrogens is 1. The van der Waals surface area contributed by atoms with Crippen molar-refractivity contribution in [1.29, 1.82) is 0 Å². The van der Waals surface area contributed by atoms with E-state index in [0.29, 0.717) is 21.4 Å². The maximum absolute atomic E-state index is 11.5. The van der Waals surface area contributed by atoms with E-state index in [0.717, 1.165) is 0 Å². The fraction of sp³-hybridized carbons (Fsp3) is 0.125. The van der Waals surface area contributed by atoms with E-state index in [9.17, 15) is 9.90 Å². The third-order valence-corrected chi connectivity index (χ3v) is 3.23. The molecule has 1 aromatic carbocycles. The second-order valence-corrected chi connectivity index (χ2v) is 5.31. The summed E-state index contributed by atoms with van der Waals surface area (Å²) in [6, 6.07) is 7.91. The summed E-state index contributed by atoms with van der Waals surface area (Å²) in [6.07, 6.45) is 2.94. The molecular weight excluding hydrogens is 341 g/mol. The summed E-state index contributed by atoms with van der Waals surface area (Å²) in [7, 11) is 1.48. The van der Waals surface area contributed by atoms with Crippen LogP contribution in [0.3, 0.4) is 0 Å². The molecule has 2 rings (SSSR count). The van der Waals surface area contributed by atoms with Crippen molar-refractivity contribution < 1.29 is 19.4 Å². The summed E-state index contributed by atoms with van der Waals surface area (Å²) < 4.78 is 10.6. The molecule has 0 spiro atoms. The zero-order valence-electron chi connectivity index (χ0n) is 12.1. The molecule has 23 heavy (non-hydrogen) atoms. The van der Waals surface area contributed by atoms with Crippen LogP contribution in [0.4, 0.5) is 0 Å². The van der Waals surface area contributed by atoms with Crippen molar-refractivity contribution in [2.75, 3.05) is 13.7 Å². The molecule has 0 saturated heterocycles. The van der Waals surface area contributed by atoms with Gasteiger partial charge in [0.2, 0.25) is 5.88 Å². The Morgan fingerprint density at radius 1 is 1.30 bits per heavy atom. The van der Waals surface area contributed by atoms with Gasteiger partial charge in [0.15, 0.2) is 0 Å². The molecule has 1 N–H and O–H groups in total. The van der Waals surface area contributed by atoms with E-state index >= 15 is 0 Å². The molecule has 1 heterocycles. The molecule has 0 atom stereocenters. The minimum Gasteiger partial charge on any atom is -0.478 e. The van der Waals surface area contributed by atoms with E-state index in [4.69, 9.17) is 32.7 Å². The molecule has 0 amide bonds.